The van der Waals surface area contributed by atoms with Crippen LogP contribution in [0.1, 0.15) is 52.4 Å². The van der Waals surface area contributed by atoms with Crippen molar-refractivity contribution >= 4 is 11.9 Å². The largest absolute Gasteiger partial charge is 0.481 e. The second-order valence-electron chi connectivity index (χ2n) is 4.46. The Balaban J connectivity index is 3.99. The number of rotatable bonds is 9. The first-order chi connectivity index (χ1) is 8.27. The molecule has 0 rings (SSSR count). The van der Waals surface area contributed by atoms with Gasteiger partial charge in [-0.05, 0) is 26.2 Å². The summed E-state index contributed by atoms with van der Waals surface area (Å²) in [5.41, 5.74) is 0. The van der Waals surface area contributed by atoms with Crippen LogP contribution < -0.4 is 0 Å². The normalized spacial score (nSPS) is 13.1. The van der Waals surface area contributed by atoms with E-state index in [9.17, 15) is 19.8 Å². The maximum Gasteiger partial charge on any atom is 0.306 e. The monoisotopic (exact) mass is 262 g/mol. The Kier molecular flexibility index (Phi) is 7.54. The number of hydrogen-bond acceptors (Lipinski definition) is 5. The lowest BCUT2D eigenvalue weighted by Gasteiger charge is -2.27. The van der Waals surface area contributed by atoms with Crippen LogP contribution in [0.3, 0.4) is 0 Å². The highest BCUT2D eigenvalue weighted by atomic mass is 16.6. The molecular formula is C12H22O6. The van der Waals surface area contributed by atoms with E-state index in [0.29, 0.717) is 25.7 Å². The van der Waals surface area contributed by atoms with Gasteiger partial charge in [0, 0.05) is 12.8 Å². The van der Waals surface area contributed by atoms with Crippen molar-refractivity contribution in [1.82, 2.24) is 0 Å². The van der Waals surface area contributed by atoms with E-state index in [2.05, 4.69) is 0 Å². The third-order valence-electron chi connectivity index (χ3n) is 2.46. The molecule has 0 saturated carbocycles. The van der Waals surface area contributed by atoms with Crippen LogP contribution in [-0.2, 0) is 14.3 Å². The summed E-state index contributed by atoms with van der Waals surface area (Å²) >= 11 is 0. The Labute approximate surface area is 107 Å². The first-order valence-electron chi connectivity index (χ1n) is 6.13. The molecule has 0 radical (unpaired) electrons. The molecule has 0 aliphatic rings. The Morgan fingerprint density at radius 3 is 2.22 bits per heavy atom. The van der Waals surface area contributed by atoms with Crippen LogP contribution in [0.15, 0.2) is 0 Å². The zero-order valence-electron chi connectivity index (χ0n) is 10.9. The standard InChI is InChI=1S/C12H22O6/c1-3-6-9(12(2,16)17)18-11(15)8-5-4-7-10(13)14/h9,16-17H,3-8H2,1-2H3,(H,13,14). The molecule has 0 fully saturated rings. The average Bonchev–Trinajstić information content (AvgIpc) is 2.22. The van der Waals surface area contributed by atoms with Crippen molar-refractivity contribution in [2.24, 2.45) is 0 Å². The molecule has 0 heterocycles. The van der Waals surface area contributed by atoms with E-state index in [4.69, 9.17) is 9.84 Å². The molecule has 0 saturated heterocycles. The maximum absolute atomic E-state index is 11.4. The van der Waals surface area contributed by atoms with Crippen LogP contribution >= 0.6 is 0 Å². The number of unbranched alkanes of at least 4 members (excludes halogenated alkanes) is 1. The number of carboxylic acids is 1. The van der Waals surface area contributed by atoms with Crippen molar-refractivity contribution in [2.45, 2.75) is 64.3 Å². The predicted molar refractivity (Wildman–Crippen MR) is 63.7 cm³/mol. The summed E-state index contributed by atoms with van der Waals surface area (Å²) in [4.78, 5) is 21.7. The van der Waals surface area contributed by atoms with Crippen molar-refractivity contribution in [3.8, 4) is 0 Å². The molecule has 106 valence electrons. The quantitative estimate of drug-likeness (QED) is 0.326. The lowest BCUT2D eigenvalue weighted by atomic mass is 10.1. The number of hydrogen-bond donors (Lipinski definition) is 3. The van der Waals surface area contributed by atoms with Crippen LogP contribution in [0, 0.1) is 0 Å². The fourth-order valence-electron chi connectivity index (χ4n) is 1.47. The third kappa shape index (κ3) is 8.03. The molecule has 6 nitrogen and oxygen atoms in total. The number of carbonyl (C=O) groups excluding carboxylic acids is 1. The fraction of sp³-hybridized carbons (Fsp3) is 0.833. The van der Waals surface area contributed by atoms with E-state index in [-0.39, 0.29) is 12.8 Å². The smallest absolute Gasteiger partial charge is 0.306 e. The lowest BCUT2D eigenvalue weighted by Crippen LogP contribution is -2.42. The van der Waals surface area contributed by atoms with Crippen LogP contribution in [0.25, 0.3) is 0 Å². The number of aliphatic carboxylic acids is 1. The molecular weight excluding hydrogens is 240 g/mol. The van der Waals surface area contributed by atoms with E-state index in [0.717, 1.165) is 0 Å². The molecule has 0 aliphatic heterocycles. The topological polar surface area (TPSA) is 104 Å². The minimum atomic E-state index is -2.05. The Hall–Kier alpha value is -1.14. The summed E-state index contributed by atoms with van der Waals surface area (Å²) in [5.74, 6) is -3.48. The minimum absolute atomic E-state index is 0.0172. The molecule has 0 aromatic heterocycles. The van der Waals surface area contributed by atoms with E-state index in [1.165, 1.54) is 6.92 Å². The zero-order valence-corrected chi connectivity index (χ0v) is 10.9. The number of carbonyl (C=O) groups is 2. The second kappa shape index (κ2) is 8.05. The van der Waals surface area contributed by atoms with Crippen LogP contribution in [-0.4, -0.2) is 39.1 Å². The number of carboxylic acid groups (broad SMARTS) is 1. The second-order valence-corrected chi connectivity index (χ2v) is 4.46. The summed E-state index contributed by atoms with van der Waals surface area (Å²) in [6.45, 7) is 3.02. The van der Waals surface area contributed by atoms with E-state index in [1.54, 1.807) is 0 Å². The Morgan fingerprint density at radius 2 is 1.78 bits per heavy atom. The summed E-state index contributed by atoms with van der Waals surface area (Å²) in [7, 11) is 0. The van der Waals surface area contributed by atoms with Gasteiger partial charge in [0.15, 0.2) is 11.9 Å². The number of esters is 1. The van der Waals surface area contributed by atoms with Crippen LogP contribution in [0.5, 0.6) is 0 Å². The molecule has 1 unspecified atom stereocenters. The molecule has 0 amide bonds. The van der Waals surface area contributed by atoms with E-state index < -0.39 is 23.8 Å². The highest BCUT2D eigenvalue weighted by Gasteiger charge is 2.31. The van der Waals surface area contributed by atoms with Gasteiger partial charge in [0.05, 0.1) is 0 Å². The molecule has 1 atom stereocenters. The summed E-state index contributed by atoms with van der Waals surface area (Å²) < 4.78 is 4.98. The summed E-state index contributed by atoms with van der Waals surface area (Å²) in [6.07, 6.45) is 0.996. The van der Waals surface area contributed by atoms with E-state index in [1.807, 2.05) is 6.92 Å². The third-order valence-corrected chi connectivity index (χ3v) is 2.46. The van der Waals surface area contributed by atoms with Gasteiger partial charge < -0.3 is 20.1 Å². The van der Waals surface area contributed by atoms with Gasteiger partial charge in [-0.2, -0.15) is 0 Å². The highest BCUT2D eigenvalue weighted by Crippen LogP contribution is 2.16. The maximum atomic E-state index is 11.4. The number of ether oxygens (including phenoxy) is 1. The first kappa shape index (κ1) is 16.9. The molecule has 0 aliphatic carbocycles. The number of aliphatic hydroxyl groups is 2. The molecule has 0 aromatic carbocycles. The molecule has 0 spiro atoms. The summed E-state index contributed by atoms with van der Waals surface area (Å²) in [6, 6.07) is 0. The van der Waals surface area contributed by atoms with Crippen molar-refractivity contribution in [2.75, 3.05) is 0 Å². The van der Waals surface area contributed by atoms with Gasteiger partial charge in [0.1, 0.15) is 0 Å². The summed E-state index contributed by atoms with van der Waals surface area (Å²) in [5, 5.41) is 27.2. The molecule has 0 bridgehead atoms. The molecule has 0 aromatic rings. The Morgan fingerprint density at radius 1 is 1.22 bits per heavy atom. The first-order valence-corrected chi connectivity index (χ1v) is 6.13. The van der Waals surface area contributed by atoms with Gasteiger partial charge >= 0.3 is 11.9 Å². The fourth-order valence-corrected chi connectivity index (χ4v) is 1.47. The van der Waals surface area contributed by atoms with Gasteiger partial charge in [-0.25, -0.2) is 0 Å². The van der Waals surface area contributed by atoms with Gasteiger partial charge in [-0.15, -0.1) is 0 Å². The van der Waals surface area contributed by atoms with Crippen LogP contribution in [0.2, 0.25) is 0 Å². The highest BCUT2D eigenvalue weighted by molar-refractivity contribution is 5.70. The Bertz CT molecular complexity index is 268. The van der Waals surface area contributed by atoms with Gasteiger partial charge in [0.25, 0.3) is 0 Å². The minimum Gasteiger partial charge on any atom is -0.481 e. The van der Waals surface area contributed by atoms with Gasteiger partial charge in [-0.1, -0.05) is 13.3 Å². The van der Waals surface area contributed by atoms with E-state index >= 15 is 0 Å². The molecule has 6 heteroatoms. The van der Waals surface area contributed by atoms with Crippen molar-refractivity contribution in [3.63, 3.8) is 0 Å². The molecule has 18 heavy (non-hydrogen) atoms. The van der Waals surface area contributed by atoms with Gasteiger partial charge in [-0.3, -0.25) is 9.59 Å². The van der Waals surface area contributed by atoms with Gasteiger partial charge in [0.2, 0.25) is 0 Å². The zero-order chi connectivity index (χ0) is 14.2. The lowest BCUT2D eigenvalue weighted by molar-refractivity contribution is -0.227. The average molecular weight is 262 g/mol. The SMILES string of the molecule is CCCC(OC(=O)CCCCC(=O)O)C(C)(O)O. The predicted octanol–water partition coefficient (Wildman–Crippen LogP) is 1.04. The molecule has 3 N–H and O–H groups in total. The van der Waals surface area contributed by atoms with Crippen molar-refractivity contribution in [3.05, 3.63) is 0 Å². The van der Waals surface area contributed by atoms with Crippen molar-refractivity contribution in [1.29, 1.82) is 0 Å². The van der Waals surface area contributed by atoms with Crippen molar-refractivity contribution < 1.29 is 29.6 Å². The van der Waals surface area contributed by atoms with Crippen LogP contribution in [0.4, 0.5) is 0 Å².